The van der Waals surface area contributed by atoms with Crippen LogP contribution < -0.4 is 11.3 Å². The Kier molecular flexibility index (Phi) is 5.03. The third kappa shape index (κ3) is 3.20. The second kappa shape index (κ2) is 7.25. The Labute approximate surface area is 154 Å². The van der Waals surface area contributed by atoms with Crippen molar-refractivity contribution in [3.05, 3.63) is 50.5 Å². The zero-order valence-corrected chi connectivity index (χ0v) is 15.7. The van der Waals surface area contributed by atoms with E-state index in [1.165, 1.54) is 29.0 Å². The number of anilines is 1. The number of ether oxygens (including phenoxy) is 1. The molecule has 2 aromatic heterocycles. The Bertz CT molecular complexity index is 1010. The number of aromatic nitrogens is 3. The molecule has 0 unspecified atom stereocenters. The van der Waals surface area contributed by atoms with Crippen molar-refractivity contribution in [3.8, 4) is 0 Å². The Balaban J connectivity index is 2.11. The molecule has 1 aliphatic rings. The molecular weight excluding hydrogens is 352 g/mol. The molecule has 0 radical (unpaired) electrons. The Morgan fingerprint density at radius 1 is 1.31 bits per heavy atom. The average molecular weight is 372 g/mol. The van der Waals surface area contributed by atoms with Crippen LogP contribution in [-0.2, 0) is 9.53 Å². The van der Waals surface area contributed by atoms with Crippen LogP contribution in [0.5, 0.6) is 0 Å². The van der Waals surface area contributed by atoms with Gasteiger partial charge in [0, 0.05) is 5.92 Å². The van der Waals surface area contributed by atoms with E-state index in [0.717, 1.165) is 17.8 Å². The number of hydrogen-bond donors (Lipinski definition) is 1. The van der Waals surface area contributed by atoms with Crippen LogP contribution >= 0.6 is 11.3 Å². The lowest BCUT2D eigenvalue weighted by Crippen LogP contribution is -2.17. The summed E-state index contributed by atoms with van der Waals surface area (Å²) < 4.78 is 6.55. The summed E-state index contributed by atoms with van der Waals surface area (Å²) in [6.45, 7) is 4.21. The van der Waals surface area contributed by atoms with Crippen molar-refractivity contribution in [2.45, 2.75) is 32.6 Å². The fourth-order valence-electron chi connectivity index (χ4n) is 2.78. The summed E-state index contributed by atoms with van der Waals surface area (Å²) in [6.07, 6.45) is 8.07. The number of methoxy groups -OCH3 is 1. The molecule has 2 aromatic rings. The number of carbonyl (C=O) groups excluding carboxylic acids is 1. The second-order valence-corrected chi connectivity index (χ2v) is 6.91. The fourth-order valence-corrected chi connectivity index (χ4v) is 3.94. The lowest BCUT2D eigenvalue weighted by Gasteiger charge is -2.08. The molecule has 2 N–H and O–H groups in total. The lowest BCUT2D eigenvalue weighted by molar-refractivity contribution is -0.114. The largest absolute Gasteiger partial charge is 0.493 e. The summed E-state index contributed by atoms with van der Waals surface area (Å²) in [7, 11) is 1.42. The second-order valence-electron chi connectivity index (χ2n) is 5.92. The van der Waals surface area contributed by atoms with E-state index in [1.807, 2.05) is 0 Å². The number of nitrogens with two attached hydrogens (primary N) is 1. The molecule has 7 nitrogen and oxygen atoms in total. The number of rotatable bonds is 5. The van der Waals surface area contributed by atoms with Crippen molar-refractivity contribution in [2.75, 3.05) is 12.8 Å². The van der Waals surface area contributed by atoms with Crippen LogP contribution in [-0.4, -0.2) is 27.5 Å². The van der Waals surface area contributed by atoms with Gasteiger partial charge in [-0.05, 0) is 36.6 Å². The van der Waals surface area contributed by atoms with Crippen LogP contribution in [0.3, 0.4) is 0 Å². The third-order valence-corrected chi connectivity index (χ3v) is 5.41. The van der Waals surface area contributed by atoms with Gasteiger partial charge in [-0.15, -0.1) is 0 Å². The van der Waals surface area contributed by atoms with E-state index in [4.69, 9.17) is 10.5 Å². The highest BCUT2D eigenvalue weighted by molar-refractivity contribution is 7.16. The monoisotopic (exact) mass is 372 g/mol. The number of ketones is 1. The Morgan fingerprint density at radius 3 is 2.69 bits per heavy atom. The van der Waals surface area contributed by atoms with E-state index in [9.17, 15) is 9.59 Å². The first-order valence-electron chi connectivity index (χ1n) is 8.37. The minimum Gasteiger partial charge on any atom is -0.493 e. The Hall–Kier alpha value is -2.74. The van der Waals surface area contributed by atoms with Crippen molar-refractivity contribution >= 4 is 34.0 Å². The van der Waals surface area contributed by atoms with Crippen molar-refractivity contribution in [1.29, 1.82) is 0 Å². The number of carbonyl (C=O) groups is 1. The SMILES string of the molecule is CCC(CC)c1nn2c(N)c(/C=C3/C=CC(=O)C(OC)=C3)c(=O)nc2s1. The van der Waals surface area contributed by atoms with Gasteiger partial charge in [-0.2, -0.15) is 14.6 Å². The van der Waals surface area contributed by atoms with Crippen LogP contribution in [0.25, 0.3) is 11.0 Å². The van der Waals surface area contributed by atoms with Crippen molar-refractivity contribution in [2.24, 2.45) is 0 Å². The molecule has 1 aliphatic carbocycles. The van der Waals surface area contributed by atoms with Gasteiger partial charge in [-0.1, -0.05) is 31.3 Å². The summed E-state index contributed by atoms with van der Waals surface area (Å²) in [5.41, 5.74) is 6.65. The van der Waals surface area contributed by atoms with Crippen molar-refractivity contribution in [1.82, 2.24) is 14.6 Å². The van der Waals surface area contributed by atoms with Crippen molar-refractivity contribution < 1.29 is 9.53 Å². The first-order chi connectivity index (χ1) is 12.5. The Morgan fingerprint density at radius 2 is 2.04 bits per heavy atom. The zero-order chi connectivity index (χ0) is 18.8. The zero-order valence-electron chi connectivity index (χ0n) is 14.9. The number of nitrogen functional groups attached to an aromatic ring is 1. The standard InChI is InChI=1S/C18H20N4O3S/c1-4-11(5-2)17-21-22-15(19)12(16(24)20-18(22)26-17)8-10-6-7-13(23)14(9-10)25-3/h6-9,11H,4-5,19H2,1-3H3/b10-8-. The molecule has 0 saturated heterocycles. The summed E-state index contributed by atoms with van der Waals surface area (Å²) in [4.78, 5) is 28.7. The minimum absolute atomic E-state index is 0.205. The quantitative estimate of drug-likeness (QED) is 0.866. The highest BCUT2D eigenvalue weighted by Crippen LogP contribution is 2.28. The molecule has 0 bridgehead atoms. The van der Waals surface area contributed by atoms with Gasteiger partial charge < -0.3 is 10.5 Å². The molecule has 26 heavy (non-hydrogen) atoms. The van der Waals surface area contributed by atoms with E-state index < -0.39 is 5.56 Å². The maximum absolute atomic E-state index is 12.4. The molecule has 0 aromatic carbocycles. The van der Waals surface area contributed by atoms with Gasteiger partial charge in [0.1, 0.15) is 10.8 Å². The average Bonchev–Trinajstić information content (AvgIpc) is 3.04. The van der Waals surface area contributed by atoms with Gasteiger partial charge in [-0.25, -0.2) is 0 Å². The third-order valence-electron chi connectivity index (χ3n) is 4.34. The molecule has 0 amide bonds. The molecule has 8 heteroatoms. The molecule has 136 valence electrons. The number of fused-ring (bicyclic) bond motifs is 1. The molecule has 3 rings (SSSR count). The molecule has 0 fully saturated rings. The van der Waals surface area contributed by atoms with Gasteiger partial charge in [0.15, 0.2) is 5.76 Å². The van der Waals surface area contributed by atoms with Crippen molar-refractivity contribution in [3.63, 3.8) is 0 Å². The van der Waals surface area contributed by atoms with Gasteiger partial charge in [0.05, 0.1) is 12.7 Å². The molecule has 0 aliphatic heterocycles. The van der Waals surface area contributed by atoms with Gasteiger partial charge in [0.2, 0.25) is 10.7 Å². The number of allylic oxidation sites excluding steroid dienone is 4. The van der Waals surface area contributed by atoms with Gasteiger partial charge in [0.25, 0.3) is 5.56 Å². The normalized spacial score (nSPS) is 15.9. The highest BCUT2D eigenvalue weighted by Gasteiger charge is 2.18. The first-order valence-corrected chi connectivity index (χ1v) is 9.19. The van der Waals surface area contributed by atoms with E-state index >= 15 is 0 Å². The number of nitrogens with zero attached hydrogens (tertiary/aromatic N) is 3. The molecular formula is C18H20N4O3S. The minimum atomic E-state index is -0.424. The predicted molar refractivity (Wildman–Crippen MR) is 102 cm³/mol. The van der Waals surface area contributed by atoms with Crippen LogP contribution in [0.1, 0.15) is 43.2 Å². The molecule has 2 heterocycles. The van der Waals surface area contributed by atoms with E-state index in [-0.39, 0.29) is 22.9 Å². The smallest absolute Gasteiger partial charge is 0.283 e. The van der Waals surface area contributed by atoms with Gasteiger partial charge in [-0.3, -0.25) is 9.59 Å². The predicted octanol–water partition coefficient (Wildman–Crippen LogP) is 2.69. The van der Waals surface area contributed by atoms with Crippen LogP contribution in [0.15, 0.2) is 34.4 Å². The van der Waals surface area contributed by atoms with Gasteiger partial charge >= 0.3 is 0 Å². The number of hydrogen-bond acceptors (Lipinski definition) is 7. The lowest BCUT2D eigenvalue weighted by atomic mass is 10.0. The summed E-state index contributed by atoms with van der Waals surface area (Å²) in [5, 5.41) is 5.48. The topological polar surface area (TPSA) is 99.6 Å². The highest BCUT2D eigenvalue weighted by atomic mass is 32.1. The van der Waals surface area contributed by atoms with Crippen LogP contribution in [0.4, 0.5) is 5.82 Å². The molecule has 0 spiro atoms. The summed E-state index contributed by atoms with van der Waals surface area (Å²) in [5.74, 6) is 0.532. The van der Waals surface area contributed by atoms with E-state index in [2.05, 4.69) is 23.9 Å². The summed E-state index contributed by atoms with van der Waals surface area (Å²) >= 11 is 1.39. The maximum atomic E-state index is 12.4. The molecule has 0 atom stereocenters. The van der Waals surface area contributed by atoms with Crippen LogP contribution in [0, 0.1) is 0 Å². The van der Waals surface area contributed by atoms with E-state index in [1.54, 1.807) is 18.2 Å². The molecule has 0 saturated carbocycles. The maximum Gasteiger partial charge on any atom is 0.283 e. The van der Waals surface area contributed by atoms with Crippen LogP contribution in [0.2, 0.25) is 0 Å². The van der Waals surface area contributed by atoms with E-state index in [0.29, 0.717) is 16.5 Å². The first kappa shape index (κ1) is 18.1. The summed E-state index contributed by atoms with van der Waals surface area (Å²) in [6, 6.07) is 0. The fraction of sp³-hybridized carbons (Fsp3) is 0.333.